The van der Waals surface area contributed by atoms with Gasteiger partial charge in [-0.15, -0.1) is 0 Å². The Kier molecular flexibility index (Phi) is 4.42. The molecule has 0 aliphatic heterocycles. The van der Waals surface area contributed by atoms with Crippen molar-refractivity contribution >= 4 is 27.6 Å². The maximum absolute atomic E-state index is 10.9. The predicted molar refractivity (Wildman–Crippen MR) is 61.1 cm³/mol. The van der Waals surface area contributed by atoms with Crippen LogP contribution >= 0.6 is 15.9 Å². The number of aryl methyl sites for hydroxylation is 1. The third-order valence-corrected chi connectivity index (χ3v) is 2.72. The minimum atomic E-state index is -0.462. The second-order valence-electron chi connectivity index (χ2n) is 3.08. The topological polar surface area (TPSA) is 69.4 Å². The summed E-state index contributed by atoms with van der Waals surface area (Å²) in [5, 5.41) is 10.8. The number of hydrogen-bond donors (Lipinski definition) is 0. The number of nitro benzene ring substituents is 1. The van der Waals surface area contributed by atoms with E-state index in [9.17, 15) is 14.9 Å². The van der Waals surface area contributed by atoms with Crippen molar-refractivity contribution in [3.8, 4) is 0 Å². The molecule has 0 spiro atoms. The van der Waals surface area contributed by atoms with E-state index >= 15 is 0 Å². The van der Waals surface area contributed by atoms with Crippen LogP contribution in [0.4, 0.5) is 5.69 Å². The molecule has 0 heterocycles. The lowest BCUT2D eigenvalue weighted by molar-refractivity contribution is -0.386. The Morgan fingerprint density at radius 3 is 2.81 bits per heavy atom. The van der Waals surface area contributed by atoms with E-state index in [0.29, 0.717) is 16.5 Å². The first-order valence-electron chi connectivity index (χ1n) is 4.55. The Morgan fingerprint density at radius 2 is 2.25 bits per heavy atom. The summed E-state index contributed by atoms with van der Waals surface area (Å²) in [5.41, 5.74) is 0.524. The molecule has 0 bridgehead atoms. The van der Waals surface area contributed by atoms with E-state index in [2.05, 4.69) is 20.7 Å². The number of hydrogen-bond acceptors (Lipinski definition) is 4. The van der Waals surface area contributed by atoms with Crippen molar-refractivity contribution in [1.29, 1.82) is 0 Å². The molecule has 0 unspecified atom stereocenters. The summed E-state index contributed by atoms with van der Waals surface area (Å²) in [5.74, 6) is -0.380. The lowest BCUT2D eigenvalue weighted by Crippen LogP contribution is -2.04. The van der Waals surface area contributed by atoms with Crippen molar-refractivity contribution < 1.29 is 14.5 Å². The fraction of sp³-hybridized carbons (Fsp3) is 0.300. The number of nitro groups is 1. The van der Waals surface area contributed by atoms with E-state index in [4.69, 9.17) is 0 Å². The summed E-state index contributed by atoms with van der Waals surface area (Å²) in [7, 11) is 1.29. The van der Waals surface area contributed by atoms with Gasteiger partial charge in [0.15, 0.2) is 0 Å². The number of methoxy groups -OCH3 is 1. The Balaban J connectivity index is 2.91. The minimum Gasteiger partial charge on any atom is -0.469 e. The molecule has 0 atom stereocenters. The zero-order chi connectivity index (χ0) is 12.1. The molecule has 0 amide bonds. The van der Waals surface area contributed by atoms with Crippen LogP contribution in [0.3, 0.4) is 0 Å². The van der Waals surface area contributed by atoms with E-state index in [1.165, 1.54) is 7.11 Å². The van der Waals surface area contributed by atoms with Crippen LogP contribution in [0.5, 0.6) is 0 Å². The molecule has 0 radical (unpaired) electrons. The maximum atomic E-state index is 10.9. The van der Waals surface area contributed by atoms with Crippen molar-refractivity contribution in [2.75, 3.05) is 7.11 Å². The molecule has 0 fully saturated rings. The fourth-order valence-corrected chi connectivity index (χ4v) is 1.86. The molecule has 1 aromatic carbocycles. The summed E-state index contributed by atoms with van der Waals surface area (Å²) < 4.78 is 4.90. The highest BCUT2D eigenvalue weighted by Crippen LogP contribution is 2.29. The van der Waals surface area contributed by atoms with Crippen molar-refractivity contribution in [3.63, 3.8) is 0 Å². The van der Waals surface area contributed by atoms with Crippen LogP contribution < -0.4 is 0 Å². The predicted octanol–water partition coefficient (Wildman–Crippen LogP) is 2.46. The third kappa shape index (κ3) is 3.03. The highest BCUT2D eigenvalue weighted by atomic mass is 79.9. The van der Waals surface area contributed by atoms with Crippen LogP contribution in [0.2, 0.25) is 0 Å². The Labute approximate surface area is 101 Å². The molecule has 1 rings (SSSR count). The van der Waals surface area contributed by atoms with Crippen molar-refractivity contribution in [1.82, 2.24) is 0 Å². The molecule has 0 aromatic heterocycles. The third-order valence-electron chi connectivity index (χ3n) is 2.08. The largest absolute Gasteiger partial charge is 0.469 e. The molecule has 6 heteroatoms. The van der Waals surface area contributed by atoms with Crippen molar-refractivity contribution in [3.05, 3.63) is 38.3 Å². The molecule has 0 aliphatic carbocycles. The zero-order valence-electron chi connectivity index (χ0n) is 8.60. The number of benzene rings is 1. The van der Waals surface area contributed by atoms with Crippen molar-refractivity contribution in [2.45, 2.75) is 12.8 Å². The van der Waals surface area contributed by atoms with Crippen LogP contribution in [-0.4, -0.2) is 18.0 Å². The smallest absolute Gasteiger partial charge is 0.305 e. The molecule has 0 saturated carbocycles. The number of nitrogens with zero attached hydrogens (tertiary/aromatic N) is 1. The second kappa shape index (κ2) is 5.60. The van der Waals surface area contributed by atoms with Gasteiger partial charge in [-0.2, -0.15) is 0 Å². The molecule has 1 aromatic rings. The monoisotopic (exact) mass is 287 g/mol. The van der Waals surface area contributed by atoms with Gasteiger partial charge in [-0.3, -0.25) is 14.9 Å². The van der Waals surface area contributed by atoms with Gasteiger partial charge in [0, 0.05) is 12.0 Å². The summed E-state index contributed by atoms with van der Waals surface area (Å²) >= 11 is 3.11. The first kappa shape index (κ1) is 12.6. The van der Waals surface area contributed by atoms with Crippen LogP contribution in [0.25, 0.3) is 0 Å². The number of esters is 1. The number of para-hydroxylation sites is 1. The van der Waals surface area contributed by atoms with Gasteiger partial charge in [0.2, 0.25) is 0 Å². The van der Waals surface area contributed by atoms with E-state index in [1.54, 1.807) is 18.2 Å². The van der Waals surface area contributed by atoms with Crippen molar-refractivity contribution in [2.24, 2.45) is 0 Å². The Hall–Kier alpha value is -1.43. The summed E-state index contributed by atoms with van der Waals surface area (Å²) in [4.78, 5) is 21.3. The van der Waals surface area contributed by atoms with Crippen LogP contribution in [0, 0.1) is 10.1 Å². The number of carbonyl (C=O) groups excluding carboxylic acids is 1. The quantitative estimate of drug-likeness (QED) is 0.485. The van der Waals surface area contributed by atoms with Gasteiger partial charge in [0.25, 0.3) is 5.69 Å². The molecular weight excluding hydrogens is 278 g/mol. The second-order valence-corrected chi connectivity index (χ2v) is 3.94. The molecular formula is C10H10BrNO4. The lowest BCUT2D eigenvalue weighted by atomic mass is 10.1. The first-order chi connectivity index (χ1) is 7.56. The molecule has 0 saturated heterocycles. The average Bonchev–Trinajstić information content (AvgIpc) is 2.25. The standard InChI is InChI=1S/C10H10BrNO4/c1-16-9(13)6-5-7-3-2-4-8(11)10(7)12(14)15/h2-4H,5-6H2,1H3. The minimum absolute atomic E-state index is 0.00593. The van der Waals surface area contributed by atoms with Gasteiger partial charge in [0.1, 0.15) is 0 Å². The molecule has 5 nitrogen and oxygen atoms in total. The van der Waals surface area contributed by atoms with Gasteiger partial charge < -0.3 is 4.74 Å². The van der Waals surface area contributed by atoms with Crippen LogP contribution in [0.1, 0.15) is 12.0 Å². The SMILES string of the molecule is COC(=O)CCc1cccc(Br)c1[N+](=O)[O-]. The van der Waals surface area contributed by atoms with Gasteiger partial charge in [-0.25, -0.2) is 0 Å². The molecule has 0 N–H and O–H groups in total. The van der Waals surface area contributed by atoms with Gasteiger partial charge in [0.05, 0.1) is 16.5 Å². The van der Waals surface area contributed by atoms with Gasteiger partial charge >= 0.3 is 5.97 Å². The summed E-state index contributed by atoms with van der Waals surface area (Å²) in [6, 6.07) is 4.93. The van der Waals surface area contributed by atoms with E-state index in [1.807, 2.05) is 0 Å². The molecule has 0 aliphatic rings. The van der Waals surface area contributed by atoms with E-state index < -0.39 is 4.92 Å². The Morgan fingerprint density at radius 1 is 1.56 bits per heavy atom. The highest BCUT2D eigenvalue weighted by Gasteiger charge is 2.18. The normalized spacial score (nSPS) is 9.88. The fourth-order valence-electron chi connectivity index (χ4n) is 1.30. The number of rotatable bonds is 4. The zero-order valence-corrected chi connectivity index (χ0v) is 10.2. The van der Waals surface area contributed by atoms with Gasteiger partial charge in [-0.1, -0.05) is 12.1 Å². The molecule has 16 heavy (non-hydrogen) atoms. The number of halogens is 1. The molecule has 86 valence electrons. The number of ether oxygens (including phenoxy) is 1. The van der Waals surface area contributed by atoms with Gasteiger partial charge in [-0.05, 0) is 28.4 Å². The van der Waals surface area contributed by atoms with Crippen LogP contribution in [0.15, 0.2) is 22.7 Å². The lowest BCUT2D eigenvalue weighted by Gasteiger charge is -2.03. The van der Waals surface area contributed by atoms with E-state index in [-0.39, 0.29) is 18.1 Å². The van der Waals surface area contributed by atoms with Crippen LogP contribution in [-0.2, 0) is 16.0 Å². The first-order valence-corrected chi connectivity index (χ1v) is 5.34. The highest BCUT2D eigenvalue weighted by molar-refractivity contribution is 9.10. The summed E-state index contributed by atoms with van der Waals surface area (Å²) in [6.07, 6.45) is 0.427. The number of carbonyl (C=O) groups is 1. The Bertz CT molecular complexity index is 419. The average molecular weight is 288 g/mol. The maximum Gasteiger partial charge on any atom is 0.305 e. The summed E-state index contributed by atoms with van der Waals surface area (Å²) in [6.45, 7) is 0. The van der Waals surface area contributed by atoms with E-state index in [0.717, 1.165) is 0 Å².